The molecule has 0 saturated carbocycles. The van der Waals surface area contributed by atoms with Gasteiger partial charge in [-0.1, -0.05) is 0 Å². The molecule has 0 rings (SSSR count). The number of carbonyl (C=O) groups is 1. The molecule has 8 heteroatoms. The van der Waals surface area contributed by atoms with Crippen molar-refractivity contribution >= 4 is 16.0 Å². The molecular formula is C7H12N2O5S. The van der Waals surface area contributed by atoms with Crippen molar-refractivity contribution in [1.29, 1.82) is 5.26 Å². The van der Waals surface area contributed by atoms with Crippen LogP contribution in [0.2, 0.25) is 0 Å². The largest absolute Gasteiger partial charge is 0.480 e. The first-order valence-corrected chi connectivity index (χ1v) is 5.64. The number of aliphatic hydroxyl groups excluding tert-OH is 1. The number of sulfonamides is 1. The average Bonchev–Trinajstić information content (AvgIpc) is 2.15. The number of carboxylic acids is 1. The molecule has 0 saturated heterocycles. The van der Waals surface area contributed by atoms with Crippen molar-refractivity contribution in [2.75, 3.05) is 6.61 Å². The monoisotopic (exact) mass is 236 g/mol. The highest BCUT2D eigenvalue weighted by Crippen LogP contribution is 2.01. The molecule has 0 radical (unpaired) electrons. The number of nitrogens with one attached hydrogen (secondary N) is 1. The van der Waals surface area contributed by atoms with Crippen LogP contribution in [-0.4, -0.2) is 42.5 Å². The number of aliphatic carboxylic acids is 1. The summed E-state index contributed by atoms with van der Waals surface area (Å²) in [5.74, 6) is -1.39. The van der Waals surface area contributed by atoms with Crippen LogP contribution in [0.3, 0.4) is 0 Å². The van der Waals surface area contributed by atoms with Gasteiger partial charge in [0.25, 0.3) is 0 Å². The van der Waals surface area contributed by atoms with E-state index in [4.69, 9.17) is 15.5 Å². The Morgan fingerprint density at radius 3 is 2.47 bits per heavy atom. The van der Waals surface area contributed by atoms with Gasteiger partial charge in [-0.05, 0) is 13.3 Å². The molecule has 0 aromatic carbocycles. The topological polar surface area (TPSA) is 127 Å². The molecule has 0 aromatic rings. The van der Waals surface area contributed by atoms with Crippen LogP contribution in [0.1, 0.15) is 13.3 Å². The van der Waals surface area contributed by atoms with Crippen LogP contribution in [0.4, 0.5) is 0 Å². The zero-order valence-electron chi connectivity index (χ0n) is 8.04. The summed E-state index contributed by atoms with van der Waals surface area (Å²) in [6.45, 7) is 0.681. The second-order valence-electron chi connectivity index (χ2n) is 2.84. The zero-order chi connectivity index (χ0) is 12.1. The Kier molecular flexibility index (Phi) is 5.21. The molecule has 15 heavy (non-hydrogen) atoms. The van der Waals surface area contributed by atoms with Gasteiger partial charge in [-0.25, -0.2) is 8.42 Å². The summed E-state index contributed by atoms with van der Waals surface area (Å²) >= 11 is 0. The number of carboxylic acid groups (broad SMARTS) is 1. The third kappa shape index (κ3) is 4.24. The van der Waals surface area contributed by atoms with Crippen molar-refractivity contribution in [3.05, 3.63) is 0 Å². The van der Waals surface area contributed by atoms with Crippen LogP contribution < -0.4 is 4.72 Å². The number of nitrogens with zero attached hydrogens (tertiary/aromatic N) is 1. The van der Waals surface area contributed by atoms with E-state index in [1.54, 1.807) is 0 Å². The summed E-state index contributed by atoms with van der Waals surface area (Å²) in [5, 5.41) is 24.2. The summed E-state index contributed by atoms with van der Waals surface area (Å²) in [6.07, 6.45) is -0.243. The molecule has 0 heterocycles. The van der Waals surface area contributed by atoms with E-state index in [0.717, 1.165) is 6.92 Å². The molecule has 0 aliphatic carbocycles. The van der Waals surface area contributed by atoms with E-state index in [2.05, 4.69) is 0 Å². The number of aliphatic hydroxyl groups is 1. The molecule has 3 N–H and O–H groups in total. The van der Waals surface area contributed by atoms with E-state index in [1.807, 2.05) is 4.72 Å². The van der Waals surface area contributed by atoms with Crippen molar-refractivity contribution in [2.24, 2.45) is 0 Å². The Bertz CT molecular complexity index is 358. The van der Waals surface area contributed by atoms with Gasteiger partial charge in [-0.3, -0.25) is 4.79 Å². The van der Waals surface area contributed by atoms with Crippen molar-refractivity contribution < 1.29 is 23.4 Å². The lowest BCUT2D eigenvalue weighted by Gasteiger charge is -2.14. The molecular weight excluding hydrogens is 224 g/mol. The second-order valence-corrected chi connectivity index (χ2v) is 4.87. The highest BCUT2D eigenvalue weighted by molar-refractivity contribution is 7.90. The maximum absolute atomic E-state index is 11.3. The Balaban J connectivity index is 4.69. The SMILES string of the molecule is CC(C#N)S(=O)(=O)NC(CCO)C(=O)O. The van der Waals surface area contributed by atoms with Crippen LogP contribution in [0.5, 0.6) is 0 Å². The van der Waals surface area contributed by atoms with E-state index in [-0.39, 0.29) is 6.42 Å². The minimum Gasteiger partial charge on any atom is -0.480 e. The minimum atomic E-state index is -3.98. The van der Waals surface area contributed by atoms with Crippen molar-refractivity contribution in [3.8, 4) is 6.07 Å². The smallest absolute Gasteiger partial charge is 0.321 e. The molecule has 7 nitrogen and oxygen atoms in total. The summed E-state index contributed by atoms with van der Waals surface area (Å²) < 4.78 is 24.4. The Morgan fingerprint density at radius 2 is 2.13 bits per heavy atom. The quantitative estimate of drug-likeness (QED) is 0.523. The van der Waals surface area contributed by atoms with E-state index in [1.165, 1.54) is 6.07 Å². The van der Waals surface area contributed by atoms with Crippen molar-refractivity contribution in [2.45, 2.75) is 24.6 Å². The van der Waals surface area contributed by atoms with Gasteiger partial charge in [0.05, 0.1) is 6.07 Å². The Morgan fingerprint density at radius 1 is 1.60 bits per heavy atom. The lowest BCUT2D eigenvalue weighted by atomic mass is 10.2. The lowest BCUT2D eigenvalue weighted by Crippen LogP contribution is -2.44. The molecule has 86 valence electrons. The molecule has 2 atom stereocenters. The second kappa shape index (κ2) is 5.65. The maximum Gasteiger partial charge on any atom is 0.321 e. The highest BCUT2D eigenvalue weighted by Gasteiger charge is 2.27. The molecule has 0 aliphatic rings. The molecule has 0 aromatic heterocycles. The van der Waals surface area contributed by atoms with Gasteiger partial charge < -0.3 is 10.2 Å². The van der Waals surface area contributed by atoms with E-state index in [0.29, 0.717) is 0 Å². The third-order valence-corrected chi connectivity index (χ3v) is 3.32. The fraction of sp³-hybridized carbons (Fsp3) is 0.714. The lowest BCUT2D eigenvalue weighted by molar-refractivity contribution is -0.139. The first-order valence-electron chi connectivity index (χ1n) is 4.09. The molecule has 0 aliphatic heterocycles. The Hall–Kier alpha value is -1.17. The van der Waals surface area contributed by atoms with Crippen LogP contribution >= 0.6 is 0 Å². The molecule has 0 spiro atoms. The fourth-order valence-electron chi connectivity index (χ4n) is 0.732. The maximum atomic E-state index is 11.3. The van der Waals surface area contributed by atoms with E-state index in [9.17, 15) is 13.2 Å². The normalized spacial score (nSPS) is 15.3. The standard InChI is InChI=1S/C7H12N2O5S/c1-5(4-8)15(13,14)9-6(2-3-10)7(11)12/h5-6,9-10H,2-3H2,1H3,(H,11,12). The van der Waals surface area contributed by atoms with Gasteiger partial charge in [0.15, 0.2) is 5.25 Å². The van der Waals surface area contributed by atoms with E-state index < -0.39 is 33.9 Å². The Labute approximate surface area is 87.4 Å². The van der Waals surface area contributed by atoms with Crippen LogP contribution in [0.25, 0.3) is 0 Å². The highest BCUT2D eigenvalue weighted by atomic mass is 32.2. The average molecular weight is 236 g/mol. The van der Waals surface area contributed by atoms with E-state index >= 15 is 0 Å². The fourth-order valence-corrected chi connectivity index (χ4v) is 1.69. The zero-order valence-corrected chi connectivity index (χ0v) is 8.86. The first kappa shape index (κ1) is 13.8. The first-order chi connectivity index (χ1) is 6.85. The summed E-state index contributed by atoms with van der Waals surface area (Å²) in [4.78, 5) is 10.6. The van der Waals surface area contributed by atoms with Crippen LogP contribution in [0, 0.1) is 11.3 Å². The summed E-state index contributed by atoms with van der Waals surface area (Å²) in [7, 11) is -3.98. The number of rotatable bonds is 6. The predicted octanol–water partition coefficient (Wildman–Crippen LogP) is -1.35. The number of nitriles is 1. The van der Waals surface area contributed by atoms with Gasteiger partial charge >= 0.3 is 5.97 Å². The van der Waals surface area contributed by atoms with Crippen molar-refractivity contribution in [3.63, 3.8) is 0 Å². The minimum absolute atomic E-state index is 0.243. The van der Waals surface area contributed by atoms with Crippen LogP contribution in [0.15, 0.2) is 0 Å². The molecule has 0 bridgehead atoms. The van der Waals surface area contributed by atoms with Crippen molar-refractivity contribution in [1.82, 2.24) is 4.72 Å². The summed E-state index contributed by atoms with van der Waals surface area (Å²) in [5.41, 5.74) is 0. The molecule has 0 amide bonds. The van der Waals surface area contributed by atoms with Gasteiger partial charge in [-0.2, -0.15) is 9.98 Å². The molecule has 2 unspecified atom stereocenters. The van der Waals surface area contributed by atoms with Gasteiger partial charge in [0.2, 0.25) is 10.0 Å². The van der Waals surface area contributed by atoms with Gasteiger partial charge in [-0.15, -0.1) is 0 Å². The van der Waals surface area contributed by atoms with Gasteiger partial charge in [0.1, 0.15) is 6.04 Å². The number of hydrogen-bond donors (Lipinski definition) is 3. The third-order valence-electron chi connectivity index (χ3n) is 1.67. The molecule has 0 fully saturated rings. The van der Waals surface area contributed by atoms with Crippen LogP contribution in [-0.2, 0) is 14.8 Å². The number of hydrogen-bond acceptors (Lipinski definition) is 5. The summed E-state index contributed by atoms with van der Waals surface area (Å²) in [6, 6.07) is 0.0790. The predicted molar refractivity (Wildman–Crippen MR) is 50.3 cm³/mol. The van der Waals surface area contributed by atoms with Gasteiger partial charge in [0, 0.05) is 6.61 Å².